The molecule has 36 heavy (non-hydrogen) atoms. The van der Waals surface area contributed by atoms with Crippen LogP contribution in [0.25, 0.3) is 0 Å². The minimum Gasteiger partial charge on any atom is -0.490 e. The fourth-order valence-electron chi connectivity index (χ4n) is 4.14. The van der Waals surface area contributed by atoms with Gasteiger partial charge in [0.2, 0.25) is 11.8 Å². The zero-order chi connectivity index (χ0) is 25.3. The number of nitrogens with one attached hydrogen (secondary N) is 2. The van der Waals surface area contributed by atoms with Crippen LogP contribution in [0.5, 0.6) is 11.5 Å². The molecule has 0 radical (unpaired) electrons. The fourth-order valence-corrected chi connectivity index (χ4v) is 4.14. The number of amides is 2. The smallest absolute Gasteiger partial charge is 0.244 e. The first kappa shape index (κ1) is 25.3. The second-order valence-corrected chi connectivity index (χ2v) is 9.10. The van der Waals surface area contributed by atoms with Crippen molar-refractivity contribution < 1.29 is 23.5 Å². The van der Waals surface area contributed by atoms with Crippen molar-refractivity contribution in [1.82, 2.24) is 10.2 Å². The Bertz CT molecular complexity index is 1130. The summed E-state index contributed by atoms with van der Waals surface area (Å²) in [6.45, 7) is 5.62. The average Bonchev–Trinajstić information content (AvgIpc) is 3.26. The maximum absolute atomic E-state index is 13.3. The molecule has 0 fully saturated rings. The van der Waals surface area contributed by atoms with Gasteiger partial charge < -0.3 is 29.4 Å². The van der Waals surface area contributed by atoms with Crippen molar-refractivity contribution in [2.75, 3.05) is 31.6 Å². The Labute approximate surface area is 211 Å². The monoisotopic (exact) mass is 491 g/mol. The summed E-state index contributed by atoms with van der Waals surface area (Å²) in [7, 11) is 0. The Morgan fingerprint density at radius 3 is 2.47 bits per heavy atom. The van der Waals surface area contributed by atoms with Gasteiger partial charge in [0.25, 0.3) is 0 Å². The SMILES string of the molecule is CC(C)[C@@H](NCC(=O)N(CC(=O)Nc1ccccc1)Cc1ccco1)c1ccc2c(c1)OCCCO2. The first-order valence-corrected chi connectivity index (χ1v) is 12.3. The predicted molar refractivity (Wildman–Crippen MR) is 137 cm³/mol. The number of para-hydroxylation sites is 1. The lowest BCUT2D eigenvalue weighted by Gasteiger charge is -2.26. The molecule has 0 saturated carbocycles. The molecule has 1 aliphatic rings. The average molecular weight is 492 g/mol. The number of carbonyl (C=O) groups is 2. The summed E-state index contributed by atoms with van der Waals surface area (Å²) in [6.07, 6.45) is 2.40. The minimum absolute atomic E-state index is 0.0661. The lowest BCUT2D eigenvalue weighted by atomic mass is 9.95. The van der Waals surface area contributed by atoms with Crippen LogP contribution in [0.15, 0.2) is 71.3 Å². The van der Waals surface area contributed by atoms with E-state index in [1.54, 1.807) is 30.5 Å². The van der Waals surface area contributed by atoms with Gasteiger partial charge in [0.15, 0.2) is 11.5 Å². The number of hydrogen-bond acceptors (Lipinski definition) is 6. The maximum Gasteiger partial charge on any atom is 0.244 e. The number of anilines is 1. The quantitative estimate of drug-likeness (QED) is 0.437. The molecule has 190 valence electrons. The highest BCUT2D eigenvalue weighted by atomic mass is 16.5. The van der Waals surface area contributed by atoms with Crippen molar-refractivity contribution in [2.45, 2.75) is 32.9 Å². The second-order valence-electron chi connectivity index (χ2n) is 9.10. The summed E-state index contributed by atoms with van der Waals surface area (Å²) < 4.78 is 17.0. The van der Waals surface area contributed by atoms with Gasteiger partial charge in [0, 0.05) is 18.2 Å². The lowest BCUT2D eigenvalue weighted by Crippen LogP contribution is -2.43. The van der Waals surface area contributed by atoms with Crippen LogP contribution in [0, 0.1) is 5.92 Å². The van der Waals surface area contributed by atoms with Crippen LogP contribution in [0.3, 0.4) is 0 Å². The molecule has 0 unspecified atom stereocenters. The maximum atomic E-state index is 13.3. The van der Waals surface area contributed by atoms with Crippen LogP contribution in [0.1, 0.15) is 37.6 Å². The Morgan fingerprint density at radius 2 is 1.75 bits per heavy atom. The molecule has 0 spiro atoms. The molecular formula is C28H33N3O5. The molecule has 1 aliphatic heterocycles. The van der Waals surface area contributed by atoms with E-state index in [1.165, 1.54) is 4.90 Å². The molecule has 8 heteroatoms. The van der Waals surface area contributed by atoms with Crippen molar-refractivity contribution in [3.05, 3.63) is 78.3 Å². The first-order valence-electron chi connectivity index (χ1n) is 12.3. The number of benzene rings is 2. The van der Waals surface area contributed by atoms with E-state index in [1.807, 2.05) is 36.4 Å². The number of hydrogen-bond donors (Lipinski definition) is 2. The Hall–Kier alpha value is -3.78. The summed E-state index contributed by atoms with van der Waals surface area (Å²) >= 11 is 0. The number of furan rings is 1. The molecule has 3 aromatic rings. The normalized spacial score (nSPS) is 13.6. The Kier molecular flexibility index (Phi) is 8.62. The highest BCUT2D eigenvalue weighted by Crippen LogP contribution is 2.34. The third-order valence-corrected chi connectivity index (χ3v) is 5.94. The van der Waals surface area contributed by atoms with E-state index >= 15 is 0 Å². The third kappa shape index (κ3) is 6.88. The van der Waals surface area contributed by atoms with Gasteiger partial charge in [-0.15, -0.1) is 0 Å². The van der Waals surface area contributed by atoms with E-state index in [-0.39, 0.29) is 43.4 Å². The molecule has 4 rings (SSSR count). The van der Waals surface area contributed by atoms with Crippen LogP contribution < -0.4 is 20.1 Å². The van der Waals surface area contributed by atoms with Crippen LogP contribution in [-0.4, -0.2) is 43.0 Å². The topological polar surface area (TPSA) is 93.0 Å². The van der Waals surface area contributed by atoms with Gasteiger partial charge in [0.05, 0.1) is 32.6 Å². The van der Waals surface area contributed by atoms with Crippen LogP contribution in [-0.2, 0) is 16.1 Å². The van der Waals surface area contributed by atoms with Gasteiger partial charge in [-0.1, -0.05) is 38.1 Å². The van der Waals surface area contributed by atoms with E-state index in [2.05, 4.69) is 24.5 Å². The van der Waals surface area contributed by atoms with E-state index in [0.717, 1.165) is 23.5 Å². The molecule has 2 aromatic carbocycles. The molecule has 0 saturated heterocycles. The van der Waals surface area contributed by atoms with Crippen LogP contribution in [0.2, 0.25) is 0 Å². The van der Waals surface area contributed by atoms with E-state index in [9.17, 15) is 9.59 Å². The Morgan fingerprint density at radius 1 is 0.972 bits per heavy atom. The van der Waals surface area contributed by atoms with E-state index < -0.39 is 0 Å². The van der Waals surface area contributed by atoms with Gasteiger partial charge in [-0.3, -0.25) is 9.59 Å². The first-order chi connectivity index (χ1) is 17.5. The van der Waals surface area contributed by atoms with Crippen molar-refractivity contribution in [3.63, 3.8) is 0 Å². The molecule has 2 N–H and O–H groups in total. The number of ether oxygens (including phenoxy) is 2. The largest absolute Gasteiger partial charge is 0.490 e. The molecule has 0 bridgehead atoms. The summed E-state index contributed by atoms with van der Waals surface area (Å²) in [5.41, 5.74) is 1.70. The van der Waals surface area contributed by atoms with Crippen molar-refractivity contribution in [1.29, 1.82) is 0 Å². The summed E-state index contributed by atoms with van der Waals surface area (Å²) in [5.74, 6) is 1.81. The zero-order valence-corrected chi connectivity index (χ0v) is 20.7. The molecule has 8 nitrogen and oxygen atoms in total. The fraction of sp³-hybridized carbons (Fsp3) is 0.357. The number of fused-ring (bicyclic) bond motifs is 1. The molecule has 2 heterocycles. The third-order valence-electron chi connectivity index (χ3n) is 5.94. The summed E-state index contributed by atoms with van der Waals surface area (Å²) in [5, 5.41) is 6.23. The molecule has 0 aliphatic carbocycles. The Balaban J connectivity index is 1.43. The van der Waals surface area contributed by atoms with Crippen molar-refractivity contribution >= 4 is 17.5 Å². The molecule has 1 aromatic heterocycles. The van der Waals surface area contributed by atoms with Gasteiger partial charge >= 0.3 is 0 Å². The minimum atomic E-state index is -0.274. The molecule has 1 atom stereocenters. The molecule has 2 amide bonds. The summed E-state index contributed by atoms with van der Waals surface area (Å²) in [6, 6.07) is 18.6. The standard InChI is InChI=1S/C28H33N3O5/c1-20(2)28(21-11-12-24-25(16-21)36-15-7-14-35-24)29-17-27(33)31(18-23-10-6-13-34-23)19-26(32)30-22-8-4-3-5-9-22/h3-6,8-13,16,20,28-29H,7,14-15,17-19H2,1-2H3,(H,30,32)/t28-/m1/s1. The van der Waals surface area contributed by atoms with Gasteiger partial charge in [-0.05, 0) is 47.9 Å². The van der Waals surface area contributed by atoms with Gasteiger partial charge in [-0.25, -0.2) is 0 Å². The number of nitrogens with zero attached hydrogens (tertiary/aromatic N) is 1. The number of rotatable bonds is 10. The highest BCUT2D eigenvalue weighted by molar-refractivity contribution is 5.94. The van der Waals surface area contributed by atoms with Crippen LogP contribution in [0.4, 0.5) is 5.69 Å². The second kappa shape index (κ2) is 12.3. The lowest BCUT2D eigenvalue weighted by molar-refractivity contribution is -0.134. The highest BCUT2D eigenvalue weighted by Gasteiger charge is 2.23. The predicted octanol–water partition coefficient (Wildman–Crippen LogP) is 4.40. The van der Waals surface area contributed by atoms with Crippen LogP contribution >= 0.6 is 0 Å². The van der Waals surface area contributed by atoms with Gasteiger partial charge in [0.1, 0.15) is 12.3 Å². The summed E-state index contributed by atoms with van der Waals surface area (Å²) in [4.78, 5) is 27.5. The number of carbonyl (C=O) groups excluding carboxylic acids is 2. The van der Waals surface area contributed by atoms with E-state index in [0.29, 0.717) is 24.7 Å². The van der Waals surface area contributed by atoms with E-state index in [4.69, 9.17) is 13.9 Å². The van der Waals surface area contributed by atoms with Crippen molar-refractivity contribution in [2.24, 2.45) is 5.92 Å². The zero-order valence-electron chi connectivity index (χ0n) is 20.7. The van der Waals surface area contributed by atoms with Crippen molar-refractivity contribution in [3.8, 4) is 11.5 Å². The molecular weight excluding hydrogens is 458 g/mol. The van der Waals surface area contributed by atoms with Gasteiger partial charge in [-0.2, -0.15) is 0 Å².